The van der Waals surface area contributed by atoms with Gasteiger partial charge in [-0.3, -0.25) is 0 Å². The van der Waals surface area contributed by atoms with Gasteiger partial charge in [0.1, 0.15) is 0 Å². The molecule has 0 aliphatic heterocycles. The Labute approximate surface area is 104 Å². The first kappa shape index (κ1) is 13.6. The summed E-state index contributed by atoms with van der Waals surface area (Å²) in [6.07, 6.45) is 0.931. The fourth-order valence-electron chi connectivity index (χ4n) is 1.77. The van der Waals surface area contributed by atoms with Crippen LogP contribution < -0.4 is 16.4 Å². The SMILES string of the molecule is CCc1cc(N(C)CCN(C)C)c(N)cc1N. The van der Waals surface area contributed by atoms with E-state index in [4.69, 9.17) is 11.5 Å². The number of aryl methyl sites for hydroxylation is 1. The van der Waals surface area contributed by atoms with Crippen LogP contribution >= 0.6 is 0 Å². The first-order chi connectivity index (χ1) is 7.95. The molecule has 0 fully saturated rings. The van der Waals surface area contributed by atoms with E-state index < -0.39 is 0 Å². The van der Waals surface area contributed by atoms with Gasteiger partial charge < -0.3 is 21.3 Å². The van der Waals surface area contributed by atoms with Crippen molar-refractivity contribution in [3.63, 3.8) is 0 Å². The van der Waals surface area contributed by atoms with Crippen molar-refractivity contribution < 1.29 is 0 Å². The zero-order valence-corrected chi connectivity index (χ0v) is 11.3. The number of nitrogens with two attached hydrogens (primary N) is 2. The molecule has 0 aromatic heterocycles. The highest BCUT2D eigenvalue weighted by molar-refractivity contribution is 5.74. The highest BCUT2D eigenvalue weighted by Crippen LogP contribution is 2.28. The number of nitrogen functional groups attached to an aromatic ring is 2. The maximum Gasteiger partial charge on any atom is 0.0602 e. The van der Waals surface area contributed by atoms with E-state index in [2.05, 4.69) is 43.9 Å². The number of hydrogen-bond acceptors (Lipinski definition) is 4. The lowest BCUT2D eigenvalue weighted by atomic mass is 10.1. The van der Waals surface area contributed by atoms with Crippen LogP contribution in [0.2, 0.25) is 0 Å². The predicted molar refractivity (Wildman–Crippen MR) is 76.5 cm³/mol. The molecule has 96 valence electrons. The van der Waals surface area contributed by atoms with Gasteiger partial charge in [-0.15, -0.1) is 0 Å². The molecule has 0 bridgehead atoms. The first-order valence-corrected chi connectivity index (χ1v) is 5.99. The van der Waals surface area contributed by atoms with Crippen LogP contribution in [0.5, 0.6) is 0 Å². The van der Waals surface area contributed by atoms with E-state index in [9.17, 15) is 0 Å². The highest BCUT2D eigenvalue weighted by Gasteiger charge is 2.09. The number of rotatable bonds is 5. The molecule has 4 nitrogen and oxygen atoms in total. The minimum absolute atomic E-state index is 0.751. The van der Waals surface area contributed by atoms with Gasteiger partial charge in [-0.05, 0) is 38.2 Å². The predicted octanol–water partition coefficient (Wildman–Crippen LogP) is 1.41. The van der Waals surface area contributed by atoms with Gasteiger partial charge >= 0.3 is 0 Å². The van der Waals surface area contributed by atoms with Gasteiger partial charge in [0.2, 0.25) is 0 Å². The molecule has 0 atom stereocenters. The van der Waals surface area contributed by atoms with Crippen LogP contribution in [-0.4, -0.2) is 39.1 Å². The summed E-state index contributed by atoms with van der Waals surface area (Å²) in [7, 11) is 6.19. The zero-order valence-electron chi connectivity index (χ0n) is 11.3. The number of anilines is 3. The van der Waals surface area contributed by atoms with E-state index in [-0.39, 0.29) is 0 Å². The smallest absolute Gasteiger partial charge is 0.0602 e. The molecule has 0 amide bonds. The van der Waals surface area contributed by atoms with Gasteiger partial charge in [0.25, 0.3) is 0 Å². The molecule has 0 aliphatic rings. The van der Waals surface area contributed by atoms with Crippen LogP contribution in [-0.2, 0) is 6.42 Å². The molecule has 4 N–H and O–H groups in total. The monoisotopic (exact) mass is 236 g/mol. The second-order valence-corrected chi connectivity index (χ2v) is 4.69. The molecular weight excluding hydrogens is 212 g/mol. The number of likely N-dealkylation sites (N-methyl/N-ethyl adjacent to an activating group) is 2. The minimum Gasteiger partial charge on any atom is -0.398 e. The molecule has 0 radical (unpaired) electrons. The lowest BCUT2D eigenvalue weighted by molar-refractivity contribution is 0.416. The van der Waals surface area contributed by atoms with Gasteiger partial charge in [0.15, 0.2) is 0 Å². The van der Waals surface area contributed by atoms with Crippen molar-refractivity contribution in [1.29, 1.82) is 0 Å². The summed E-state index contributed by atoms with van der Waals surface area (Å²) in [5, 5.41) is 0. The van der Waals surface area contributed by atoms with Gasteiger partial charge in [-0.1, -0.05) is 6.92 Å². The van der Waals surface area contributed by atoms with Crippen molar-refractivity contribution in [3.05, 3.63) is 17.7 Å². The molecule has 1 rings (SSSR count). The van der Waals surface area contributed by atoms with Crippen molar-refractivity contribution in [2.75, 3.05) is 50.6 Å². The van der Waals surface area contributed by atoms with E-state index in [1.165, 1.54) is 0 Å². The van der Waals surface area contributed by atoms with Gasteiger partial charge in [0, 0.05) is 25.8 Å². The maximum atomic E-state index is 6.02. The third-order valence-corrected chi connectivity index (χ3v) is 2.96. The molecule has 4 heteroatoms. The van der Waals surface area contributed by atoms with Crippen molar-refractivity contribution >= 4 is 17.1 Å². The first-order valence-electron chi connectivity index (χ1n) is 5.99. The van der Waals surface area contributed by atoms with Crippen LogP contribution in [0.15, 0.2) is 12.1 Å². The van der Waals surface area contributed by atoms with E-state index in [0.29, 0.717) is 0 Å². The summed E-state index contributed by atoms with van der Waals surface area (Å²) in [6, 6.07) is 3.96. The van der Waals surface area contributed by atoms with Crippen molar-refractivity contribution in [2.45, 2.75) is 13.3 Å². The largest absolute Gasteiger partial charge is 0.398 e. The Morgan fingerprint density at radius 3 is 2.18 bits per heavy atom. The minimum atomic E-state index is 0.751. The molecule has 1 aromatic rings. The third-order valence-electron chi connectivity index (χ3n) is 2.96. The van der Waals surface area contributed by atoms with Gasteiger partial charge in [0.05, 0.1) is 11.4 Å². The standard InChI is InChI=1S/C13H24N4/c1-5-10-8-13(12(15)9-11(10)14)17(4)7-6-16(2)3/h8-9H,5-7,14-15H2,1-4H3. The number of nitrogens with zero attached hydrogens (tertiary/aromatic N) is 2. The molecule has 0 saturated carbocycles. The number of benzene rings is 1. The second kappa shape index (κ2) is 5.77. The van der Waals surface area contributed by atoms with E-state index >= 15 is 0 Å². The van der Waals surface area contributed by atoms with Crippen LogP contribution in [0.4, 0.5) is 17.1 Å². The van der Waals surface area contributed by atoms with E-state index in [1.54, 1.807) is 0 Å². The summed E-state index contributed by atoms with van der Waals surface area (Å²) < 4.78 is 0. The van der Waals surface area contributed by atoms with Crippen molar-refractivity contribution in [1.82, 2.24) is 4.90 Å². The molecule has 1 aromatic carbocycles. The Morgan fingerprint density at radius 2 is 1.65 bits per heavy atom. The molecule has 0 spiro atoms. The van der Waals surface area contributed by atoms with Crippen LogP contribution in [0.1, 0.15) is 12.5 Å². The zero-order chi connectivity index (χ0) is 13.0. The average molecular weight is 236 g/mol. The quantitative estimate of drug-likeness (QED) is 0.759. The summed E-state index contributed by atoms with van der Waals surface area (Å²) >= 11 is 0. The molecule has 0 saturated heterocycles. The third kappa shape index (κ3) is 3.53. The van der Waals surface area contributed by atoms with Crippen LogP contribution in [0, 0.1) is 0 Å². The Bertz CT molecular complexity index is 374. The summed E-state index contributed by atoms with van der Waals surface area (Å²) in [4.78, 5) is 4.33. The Morgan fingerprint density at radius 1 is 1.00 bits per heavy atom. The molecule has 0 aliphatic carbocycles. The van der Waals surface area contributed by atoms with Gasteiger partial charge in [-0.25, -0.2) is 0 Å². The maximum absolute atomic E-state index is 6.02. The molecule has 0 unspecified atom stereocenters. The van der Waals surface area contributed by atoms with E-state index in [0.717, 1.165) is 42.1 Å². The Hall–Kier alpha value is -1.42. The summed E-state index contributed by atoms with van der Waals surface area (Å²) in [5.74, 6) is 0. The van der Waals surface area contributed by atoms with Crippen molar-refractivity contribution in [2.24, 2.45) is 0 Å². The lowest BCUT2D eigenvalue weighted by Gasteiger charge is -2.24. The summed E-state index contributed by atoms with van der Waals surface area (Å²) in [6.45, 7) is 4.05. The number of hydrogen-bond donors (Lipinski definition) is 2. The molecule has 0 heterocycles. The summed E-state index contributed by atoms with van der Waals surface area (Å²) in [5.41, 5.74) is 15.7. The van der Waals surface area contributed by atoms with E-state index in [1.807, 2.05) is 6.07 Å². The van der Waals surface area contributed by atoms with Crippen molar-refractivity contribution in [3.8, 4) is 0 Å². The fraction of sp³-hybridized carbons (Fsp3) is 0.538. The average Bonchev–Trinajstić information content (AvgIpc) is 2.26. The van der Waals surface area contributed by atoms with Crippen LogP contribution in [0.3, 0.4) is 0 Å². The fourth-order valence-corrected chi connectivity index (χ4v) is 1.77. The normalized spacial score (nSPS) is 10.9. The molecule has 17 heavy (non-hydrogen) atoms. The second-order valence-electron chi connectivity index (χ2n) is 4.69. The molecular formula is C13H24N4. The lowest BCUT2D eigenvalue weighted by Crippen LogP contribution is -2.29. The Balaban J connectivity index is 2.89. The van der Waals surface area contributed by atoms with Gasteiger partial charge in [-0.2, -0.15) is 0 Å². The highest BCUT2D eigenvalue weighted by atomic mass is 15.2. The Kier molecular flexibility index (Phi) is 4.63. The van der Waals surface area contributed by atoms with Crippen LogP contribution in [0.25, 0.3) is 0 Å². The topological polar surface area (TPSA) is 58.5 Å².